The molecule has 0 spiro atoms. The van der Waals surface area contributed by atoms with Crippen LogP contribution >= 0.6 is 0 Å². The molecule has 0 radical (unpaired) electrons. The second-order valence-corrected chi connectivity index (χ2v) is 7.84. The Bertz CT molecular complexity index is 1330. The maximum atomic E-state index is 13.4. The maximum absolute atomic E-state index is 13.4. The molecule has 0 fully saturated rings. The first kappa shape index (κ1) is 26.2. The number of esters is 1. The maximum Gasteiger partial charge on any atom is 0.416 e. The molecule has 188 valence electrons. The molecular weight excluding hydrogens is 479 g/mol. The van der Waals surface area contributed by atoms with Gasteiger partial charge in [-0.2, -0.15) is 23.3 Å². The predicted octanol–water partition coefficient (Wildman–Crippen LogP) is 2.65. The largest absolute Gasteiger partial charge is 0.465 e. The van der Waals surface area contributed by atoms with Crippen LogP contribution in [0, 0.1) is 11.3 Å². The summed E-state index contributed by atoms with van der Waals surface area (Å²) in [5, 5.41) is 18.9. The molecule has 0 aliphatic carbocycles. The number of carbonyl (C=O) groups excluding carboxylic acids is 2. The summed E-state index contributed by atoms with van der Waals surface area (Å²) >= 11 is 0. The molecule has 3 rings (SSSR count). The first-order valence-corrected chi connectivity index (χ1v) is 10.6. The number of alkyl halides is 3. The Hall–Kier alpha value is -4.37. The van der Waals surface area contributed by atoms with Crippen LogP contribution in [0.2, 0.25) is 0 Å². The number of allylic oxidation sites excluding steroid dienone is 1. The molecule has 0 saturated carbocycles. The number of urea groups is 1. The number of ether oxygens (including phenoxy) is 1. The van der Waals surface area contributed by atoms with Gasteiger partial charge in [0.2, 0.25) is 0 Å². The Labute approximate surface area is 204 Å². The van der Waals surface area contributed by atoms with E-state index in [1.807, 2.05) is 6.07 Å². The van der Waals surface area contributed by atoms with Crippen molar-refractivity contribution in [3.63, 3.8) is 0 Å². The van der Waals surface area contributed by atoms with E-state index in [1.165, 1.54) is 31.2 Å². The number of nitriles is 1. The quantitative estimate of drug-likeness (QED) is 0.423. The van der Waals surface area contributed by atoms with Crippen molar-refractivity contribution in [1.29, 1.82) is 5.26 Å². The second kappa shape index (κ2) is 10.1. The van der Waals surface area contributed by atoms with Gasteiger partial charge in [-0.3, -0.25) is 5.73 Å². The van der Waals surface area contributed by atoms with Crippen molar-refractivity contribution in [2.45, 2.75) is 25.6 Å². The van der Waals surface area contributed by atoms with Crippen LogP contribution in [0.3, 0.4) is 0 Å². The smallest absolute Gasteiger partial charge is 0.416 e. The molecule has 9 nitrogen and oxygen atoms in total. The monoisotopic (exact) mass is 502 g/mol. The lowest BCUT2D eigenvalue weighted by atomic mass is 9.88. The summed E-state index contributed by atoms with van der Waals surface area (Å²) < 4.78 is 46.2. The fraction of sp³-hybridized carbons (Fsp3) is 0.250. The molecule has 2 aromatic rings. The van der Waals surface area contributed by atoms with Crippen LogP contribution in [0.15, 0.2) is 53.7 Å². The van der Waals surface area contributed by atoms with Gasteiger partial charge in [-0.15, -0.1) is 0 Å². The Kier molecular flexibility index (Phi) is 7.35. The third-order valence-corrected chi connectivity index (χ3v) is 5.75. The number of methoxy groups -OCH3 is 1. The number of aliphatic hydroxyl groups excluding tert-OH is 1. The number of nitrogens with zero attached hydrogens (tertiary/aromatic N) is 3. The van der Waals surface area contributed by atoms with E-state index in [-0.39, 0.29) is 41.5 Å². The highest BCUT2D eigenvalue weighted by Crippen LogP contribution is 2.40. The molecule has 1 heterocycles. The number of guanidine groups is 1. The van der Waals surface area contributed by atoms with Gasteiger partial charge < -0.3 is 15.6 Å². The van der Waals surface area contributed by atoms with Crippen molar-refractivity contribution in [2.24, 2.45) is 11.5 Å². The first-order valence-electron chi connectivity index (χ1n) is 10.6. The van der Waals surface area contributed by atoms with E-state index in [0.717, 1.165) is 34.8 Å². The van der Waals surface area contributed by atoms with Gasteiger partial charge in [0.15, 0.2) is 0 Å². The van der Waals surface area contributed by atoms with E-state index in [2.05, 4.69) is 0 Å². The van der Waals surface area contributed by atoms with Gasteiger partial charge in [0.05, 0.1) is 30.0 Å². The summed E-state index contributed by atoms with van der Waals surface area (Å²) in [7, 11) is 1.11. The lowest BCUT2D eigenvalue weighted by molar-refractivity contribution is -0.396. The minimum absolute atomic E-state index is 0.0682. The highest BCUT2D eigenvalue weighted by atomic mass is 19.4. The normalized spacial score (nSPS) is 16.1. The molecule has 0 unspecified atom stereocenters. The zero-order chi connectivity index (χ0) is 26.8. The summed E-state index contributed by atoms with van der Waals surface area (Å²) in [5.74, 6) is -1.23. The van der Waals surface area contributed by atoms with E-state index in [0.29, 0.717) is 11.1 Å². The standard InChI is InChI=1S/C24H22F3N5O4/c1-13-19(21(34)36-2)20(18-7-6-14(12-28)10-15(18)8-9-33)32(23(30)35)22(29)31(13)17-5-3-4-16(11-17)24(25,26)27/h3-7,10-11,20,29,33H,8-9H2,1-2H3,(H2,30,35)/p+1/t20-/m1/s1. The van der Waals surface area contributed by atoms with Gasteiger partial charge in [-0.25, -0.2) is 14.2 Å². The number of aliphatic hydroxyl groups is 1. The van der Waals surface area contributed by atoms with Crippen molar-refractivity contribution in [3.05, 3.63) is 76.0 Å². The molecule has 0 bridgehead atoms. The van der Waals surface area contributed by atoms with Gasteiger partial charge in [0.25, 0.3) is 0 Å². The number of hydrogen-bond acceptors (Lipinski definition) is 6. The summed E-state index contributed by atoms with van der Waals surface area (Å²) in [6.07, 6.45) is -4.59. The number of nitrogens with two attached hydrogens (primary N) is 2. The molecule has 2 amide bonds. The number of rotatable bonds is 5. The van der Waals surface area contributed by atoms with E-state index >= 15 is 0 Å². The van der Waals surface area contributed by atoms with E-state index in [9.17, 15) is 33.1 Å². The van der Waals surface area contributed by atoms with Crippen molar-refractivity contribution < 1.29 is 37.2 Å². The van der Waals surface area contributed by atoms with Crippen molar-refractivity contribution in [3.8, 4) is 6.07 Å². The molecule has 1 aliphatic heterocycles. The van der Waals surface area contributed by atoms with Crippen molar-refractivity contribution >= 4 is 23.6 Å². The zero-order valence-corrected chi connectivity index (χ0v) is 19.3. The number of benzene rings is 2. The van der Waals surface area contributed by atoms with Gasteiger partial charge in [-0.05, 0) is 54.8 Å². The molecule has 1 aliphatic rings. The second-order valence-electron chi connectivity index (χ2n) is 7.84. The van der Waals surface area contributed by atoms with Crippen LogP contribution in [0.4, 0.5) is 23.7 Å². The molecule has 1 atom stereocenters. The highest BCUT2D eigenvalue weighted by molar-refractivity contribution is 5.99. The van der Waals surface area contributed by atoms with Crippen LogP contribution in [-0.4, -0.2) is 46.3 Å². The Morgan fingerprint density at radius 3 is 2.50 bits per heavy atom. The Morgan fingerprint density at radius 2 is 1.94 bits per heavy atom. The Morgan fingerprint density at radius 1 is 1.25 bits per heavy atom. The van der Waals surface area contributed by atoms with Crippen LogP contribution < -0.4 is 11.5 Å². The van der Waals surface area contributed by atoms with E-state index in [4.69, 9.17) is 16.2 Å². The number of hydrogen-bond donors (Lipinski definition) is 3. The molecule has 2 aromatic carbocycles. The highest BCUT2D eigenvalue weighted by Gasteiger charge is 2.47. The predicted molar refractivity (Wildman–Crippen MR) is 121 cm³/mol. The zero-order valence-electron chi connectivity index (χ0n) is 19.3. The van der Waals surface area contributed by atoms with Crippen molar-refractivity contribution in [1.82, 2.24) is 4.90 Å². The minimum atomic E-state index is -4.66. The minimum Gasteiger partial charge on any atom is -0.465 e. The third kappa shape index (κ3) is 4.73. The molecule has 5 N–H and O–H groups in total. The summed E-state index contributed by atoms with van der Waals surface area (Å²) in [6, 6.07) is 8.27. The van der Waals surface area contributed by atoms with Crippen LogP contribution in [0.1, 0.15) is 35.2 Å². The molecule has 12 heteroatoms. The van der Waals surface area contributed by atoms with Gasteiger partial charge >= 0.3 is 24.1 Å². The van der Waals surface area contributed by atoms with Gasteiger partial charge in [0.1, 0.15) is 17.3 Å². The Balaban J connectivity index is 2.37. The first-order chi connectivity index (χ1) is 17.0. The summed E-state index contributed by atoms with van der Waals surface area (Å²) in [5.41, 5.74) is 11.9. The van der Waals surface area contributed by atoms with Crippen LogP contribution in [-0.2, 0) is 22.1 Å². The van der Waals surface area contributed by atoms with Gasteiger partial charge in [0, 0.05) is 6.61 Å². The van der Waals surface area contributed by atoms with E-state index in [1.54, 1.807) is 0 Å². The van der Waals surface area contributed by atoms with Gasteiger partial charge in [-0.1, -0.05) is 12.1 Å². The average Bonchev–Trinajstić information content (AvgIpc) is 2.83. The lowest BCUT2D eigenvalue weighted by Gasteiger charge is -2.33. The third-order valence-electron chi connectivity index (χ3n) is 5.75. The SMILES string of the molecule is COC(=O)C1=C(C)[N+](c2cccc(C(F)(F)F)c2)=C(N)N(C(N)=O)[C@@H]1c1ccc(C#N)cc1CCO. The van der Waals surface area contributed by atoms with Crippen LogP contribution in [0.25, 0.3) is 0 Å². The van der Waals surface area contributed by atoms with E-state index < -0.39 is 29.8 Å². The summed E-state index contributed by atoms with van der Waals surface area (Å²) in [4.78, 5) is 26.5. The lowest BCUT2D eigenvalue weighted by Crippen LogP contribution is -2.54. The summed E-state index contributed by atoms with van der Waals surface area (Å²) in [6.45, 7) is 1.14. The number of primary amides is 1. The average molecular weight is 502 g/mol. The number of amides is 2. The molecule has 36 heavy (non-hydrogen) atoms. The molecular formula is C24H23F3N5O4+. The topological polar surface area (TPSA) is 146 Å². The fourth-order valence-corrected chi connectivity index (χ4v) is 4.19. The van der Waals surface area contributed by atoms with Crippen molar-refractivity contribution in [2.75, 3.05) is 13.7 Å². The fourth-order valence-electron chi connectivity index (χ4n) is 4.19. The number of halogens is 3. The molecule has 0 saturated heterocycles. The van der Waals surface area contributed by atoms with Crippen LogP contribution in [0.5, 0.6) is 0 Å². The number of carbonyl (C=O) groups is 2. The molecule has 0 aromatic heterocycles.